The van der Waals surface area contributed by atoms with Crippen molar-refractivity contribution in [2.24, 2.45) is 11.1 Å². The van der Waals surface area contributed by atoms with Crippen molar-refractivity contribution in [2.45, 2.75) is 25.8 Å². The van der Waals surface area contributed by atoms with Gasteiger partial charge in [0.2, 0.25) is 0 Å². The van der Waals surface area contributed by atoms with Crippen LogP contribution < -0.4 is 11.5 Å². The number of aromatic nitrogens is 2. The van der Waals surface area contributed by atoms with Crippen LogP contribution in [0.3, 0.4) is 0 Å². The van der Waals surface area contributed by atoms with Gasteiger partial charge < -0.3 is 10.2 Å². The Hall–Kier alpha value is -1.69. The minimum atomic E-state index is -0.363. The van der Waals surface area contributed by atoms with Crippen LogP contribution >= 0.6 is 12.2 Å². The molecule has 5 nitrogen and oxygen atoms in total. The van der Waals surface area contributed by atoms with Gasteiger partial charge in [0.1, 0.15) is 0 Å². The minimum absolute atomic E-state index is 0.0317. The van der Waals surface area contributed by atoms with Gasteiger partial charge in [-0.3, -0.25) is 4.57 Å². The molecule has 0 atom stereocenters. The Kier molecular flexibility index (Phi) is 2.48. The molecule has 3 rings (SSSR count). The van der Waals surface area contributed by atoms with Crippen molar-refractivity contribution >= 4 is 28.4 Å². The molecule has 1 saturated carbocycles. The summed E-state index contributed by atoms with van der Waals surface area (Å²) in [6, 6.07) is 3.49. The maximum atomic E-state index is 11.8. The van der Waals surface area contributed by atoms with E-state index in [1.54, 1.807) is 22.9 Å². The SMILES string of the molecule is NC(=S)CC1(Cn2c(=O)oc3cccnc32)CC1. The third-order valence-electron chi connectivity index (χ3n) is 3.42. The second-order valence-corrected chi connectivity index (χ2v) is 5.45. The van der Waals surface area contributed by atoms with E-state index in [2.05, 4.69) is 4.98 Å². The molecule has 1 fully saturated rings. The van der Waals surface area contributed by atoms with E-state index in [9.17, 15) is 4.79 Å². The van der Waals surface area contributed by atoms with Crippen LogP contribution in [0.1, 0.15) is 19.3 Å². The van der Waals surface area contributed by atoms with Gasteiger partial charge in [-0.1, -0.05) is 12.2 Å². The predicted octanol–water partition coefficient (Wildman–Crippen LogP) is 1.45. The van der Waals surface area contributed by atoms with E-state index in [0.717, 1.165) is 12.8 Å². The molecule has 1 aliphatic rings. The molecule has 0 amide bonds. The number of hydrogen-bond donors (Lipinski definition) is 1. The molecule has 2 aromatic rings. The number of nitrogens with zero attached hydrogens (tertiary/aromatic N) is 2. The van der Waals surface area contributed by atoms with E-state index in [0.29, 0.717) is 29.2 Å². The summed E-state index contributed by atoms with van der Waals surface area (Å²) in [5.41, 5.74) is 6.75. The maximum Gasteiger partial charge on any atom is 0.421 e. The molecule has 0 radical (unpaired) electrons. The zero-order chi connectivity index (χ0) is 12.8. The number of fused-ring (bicyclic) bond motifs is 1. The fourth-order valence-corrected chi connectivity index (χ4v) is 2.62. The zero-order valence-corrected chi connectivity index (χ0v) is 10.6. The number of rotatable bonds is 4. The second kappa shape index (κ2) is 3.91. The lowest BCUT2D eigenvalue weighted by Gasteiger charge is -2.13. The van der Waals surface area contributed by atoms with Crippen molar-refractivity contribution in [2.75, 3.05) is 0 Å². The Labute approximate surface area is 109 Å². The summed E-state index contributed by atoms with van der Waals surface area (Å²) >= 11 is 4.96. The van der Waals surface area contributed by atoms with Crippen LogP contribution in [-0.4, -0.2) is 14.5 Å². The highest BCUT2D eigenvalue weighted by Crippen LogP contribution is 2.50. The first-order valence-electron chi connectivity index (χ1n) is 5.82. The highest BCUT2D eigenvalue weighted by Gasteiger charge is 2.44. The maximum absolute atomic E-state index is 11.8. The summed E-state index contributed by atoms with van der Waals surface area (Å²) in [6.07, 6.45) is 4.40. The Morgan fingerprint density at radius 2 is 2.39 bits per heavy atom. The van der Waals surface area contributed by atoms with Crippen LogP contribution in [-0.2, 0) is 6.54 Å². The Bertz CT molecular complexity index is 669. The summed E-state index contributed by atoms with van der Waals surface area (Å²) in [5.74, 6) is -0.363. The van der Waals surface area contributed by atoms with Crippen molar-refractivity contribution in [3.05, 3.63) is 28.9 Å². The Morgan fingerprint density at radius 1 is 1.61 bits per heavy atom. The first kappa shape index (κ1) is 11.4. The highest BCUT2D eigenvalue weighted by molar-refractivity contribution is 7.80. The number of nitrogens with two attached hydrogens (primary N) is 1. The Morgan fingerprint density at radius 3 is 3.06 bits per heavy atom. The smallest absolute Gasteiger partial charge is 0.406 e. The van der Waals surface area contributed by atoms with Gasteiger partial charge in [-0.05, 0) is 30.4 Å². The number of hydrogen-bond acceptors (Lipinski definition) is 4. The van der Waals surface area contributed by atoms with Crippen molar-refractivity contribution in [1.82, 2.24) is 9.55 Å². The van der Waals surface area contributed by atoms with Gasteiger partial charge in [0.25, 0.3) is 0 Å². The molecule has 94 valence electrons. The van der Waals surface area contributed by atoms with Gasteiger partial charge in [0.15, 0.2) is 11.2 Å². The van der Waals surface area contributed by atoms with Crippen LogP contribution in [0.2, 0.25) is 0 Å². The number of thiocarbonyl (C=S) groups is 1. The average molecular weight is 263 g/mol. The Balaban J connectivity index is 1.98. The normalized spacial score (nSPS) is 16.9. The molecule has 6 heteroatoms. The largest absolute Gasteiger partial charge is 0.421 e. The molecule has 0 spiro atoms. The monoisotopic (exact) mass is 263 g/mol. The molecule has 0 bridgehead atoms. The predicted molar refractivity (Wildman–Crippen MR) is 71.3 cm³/mol. The summed E-state index contributed by atoms with van der Waals surface area (Å²) in [4.78, 5) is 16.5. The first-order valence-corrected chi connectivity index (χ1v) is 6.23. The molecule has 18 heavy (non-hydrogen) atoms. The second-order valence-electron chi connectivity index (χ2n) is 4.92. The van der Waals surface area contributed by atoms with E-state index in [-0.39, 0.29) is 11.2 Å². The van der Waals surface area contributed by atoms with Crippen LogP contribution in [0.5, 0.6) is 0 Å². The summed E-state index contributed by atoms with van der Waals surface area (Å²) < 4.78 is 6.74. The lowest BCUT2D eigenvalue weighted by Crippen LogP contribution is -2.24. The highest BCUT2D eigenvalue weighted by atomic mass is 32.1. The fourth-order valence-electron chi connectivity index (χ4n) is 2.31. The lowest BCUT2D eigenvalue weighted by molar-refractivity contribution is 0.407. The standard InChI is InChI=1S/C12H13N3O2S/c13-9(18)6-12(3-4-12)7-15-10-8(17-11(15)16)2-1-5-14-10/h1-2,5H,3-4,6-7H2,(H2,13,18). The van der Waals surface area contributed by atoms with Gasteiger partial charge >= 0.3 is 5.76 Å². The summed E-state index contributed by atoms with van der Waals surface area (Å²) in [6.45, 7) is 0.577. The topological polar surface area (TPSA) is 74.0 Å². The van der Waals surface area contributed by atoms with E-state index < -0.39 is 0 Å². The van der Waals surface area contributed by atoms with Crippen molar-refractivity contribution in [1.29, 1.82) is 0 Å². The van der Waals surface area contributed by atoms with Crippen LogP contribution in [0.25, 0.3) is 11.2 Å². The molecule has 2 N–H and O–H groups in total. The molecular weight excluding hydrogens is 250 g/mol. The molecule has 1 aliphatic carbocycles. The van der Waals surface area contributed by atoms with Crippen molar-refractivity contribution in [3.63, 3.8) is 0 Å². The van der Waals surface area contributed by atoms with Gasteiger partial charge in [0, 0.05) is 19.2 Å². The molecule has 0 aliphatic heterocycles. The van der Waals surface area contributed by atoms with Crippen LogP contribution in [0.15, 0.2) is 27.5 Å². The zero-order valence-electron chi connectivity index (χ0n) is 9.76. The molecule has 0 unspecified atom stereocenters. The summed E-state index contributed by atoms with van der Waals surface area (Å²) in [5, 5.41) is 0. The average Bonchev–Trinajstić information content (AvgIpc) is 2.98. The first-order chi connectivity index (χ1) is 8.60. The number of oxazole rings is 1. The third-order valence-corrected chi connectivity index (χ3v) is 3.57. The van der Waals surface area contributed by atoms with Crippen molar-refractivity contribution in [3.8, 4) is 0 Å². The third kappa shape index (κ3) is 1.92. The van der Waals surface area contributed by atoms with Gasteiger partial charge in [-0.25, -0.2) is 9.78 Å². The van der Waals surface area contributed by atoms with E-state index >= 15 is 0 Å². The summed E-state index contributed by atoms with van der Waals surface area (Å²) in [7, 11) is 0. The quantitative estimate of drug-likeness (QED) is 0.845. The van der Waals surface area contributed by atoms with Gasteiger partial charge in [-0.15, -0.1) is 0 Å². The number of pyridine rings is 1. The molecule has 0 saturated heterocycles. The van der Waals surface area contributed by atoms with Gasteiger partial charge in [0.05, 0.1) is 4.99 Å². The van der Waals surface area contributed by atoms with E-state index in [1.807, 2.05) is 0 Å². The van der Waals surface area contributed by atoms with E-state index in [4.69, 9.17) is 22.4 Å². The van der Waals surface area contributed by atoms with Crippen molar-refractivity contribution < 1.29 is 4.42 Å². The molecular formula is C12H13N3O2S. The van der Waals surface area contributed by atoms with E-state index in [1.165, 1.54) is 0 Å². The van der Waals surface area contributed by atoms with Crippen LogP contribution in [0, 0.1) is 5.41 Å². The molecule has 2 aromatic heterocycles. The fraction of sp³-hybridized carbons (Fsp3) is 0.417. The molecule has 0 aromatic carbocycles. The molecule has 2 heterocycles. The minimum Gasteiger partial charge on any atom is -0.406 e. The lowest BCUT2D eigenvalue weighted by atomic mass is 10.0. The van der Waals surface area contributed by atoms with Gasteiger partial charge in [-0.2, -0.15) is 0 Å². The van der Waals surface area contributed by atoms with Crippen LogP contribution in [0.4, 0.5) is 0 Å².